The first-order chi connectivity index (χ1) is 9.65. The van der Waals surface area contributed by atoms with E-state index in [0.717, 1.165) is 42.7 Å². The van der Waals surface area contributed by atoms with E-state index in [9.17, 15) is 4.79 Å². The van der Waals surface area contributed by atoms with Crippen molar-refractivity contribution in [3.63, 3.8) is 0 Å². The van der Waals surface area contributed by atoms with Crippen molar-refractivity contribution in [2.24, 2.45) is 0 Å². The number of fused-ring (bicyclic) bond motifs is 1. The second-order valence-electron chi connectivity index (χ2n) is 6.02. The molecule has 3 N–H and O–H groups in total. The summed E-state index contributed by atoms with van der Waals surface area (Å²) >= 11 is 0. The molecule has 1 aromatic rings. The van der Waals surface area contributed by atoms with Gasteiger partial charge in [-0.05, 0) is 43.4 Å². The lowest BCUT2D eigenvalue weighted by molar-refractivity contribution is 0.238. The van der Waals surface area contributed by atoms with Crippen molar-refractivity contribution in [1.82, 2.24) is 5.32 Å². The molecule has 4 nitrogen and oxygen atoms in total. The number of nitrogens with one attached hydrogen (secondary N) is 1. The summed E-state index contributed by atoms with van der Waals surface area (Å²) in [6.45, 7) is 2.77. The summed E-state index contributed by atoms with van der Waals surface area (Å²) in [5, 5.41) is 3.18. The molecular formula is C16H23N3O. The van der Waals surface area contributed by atoms with Gasteiger partial charge in [0.05, 0.1) is 5.69 Å². The highest BCUT2D eigenvalue weighted by Crippen LogP contribution is 2.32. The van der Waals surface area contributed by atoms with Gasteiger partial charge in [0.2, 0.25) is 0 Å². The van der Waals surface area contributed by atoms with Crippen LogP contribution in [0.5, 0.6) is 0 Å². The van der Waals surface area contributed by atoms with E-state index in [0.29, 0.717) is 6.04 Å². The Labute approximate surface area is 120 Å². The Morgan fingerprint density at radius 2 is 2.05 bits per heavy atom. The third-order valence-corrected chi connectivity index (χ3v) is 4.54. The molecular weight excluding hydrogens is 250 g/mol. The van der Waals surface area contributed by atoms with Crippen molar-refractivity contribution in [3.05, 3.63) is 23.3 Å². The predicted octanol–water partition coefficient (Wildman–Crippen LogP) is 2.98. The van der Waals surface area contributed by atoms with Gasteiger partial charge in [0.1, 0.15) is 0 Å². The number of hydrogen-bond acceptors (Lipinski definition) is 2. The number of hydrogen-bond donors (Lipinski definition) is 2. The summed E-state index contributed by atoms with van der Waals surface area (Å²) in [5.74, 6) is 0. The number of carbonyl (C=O) groups excluding carboxylic acids is 1. The average molecular weight is 273 g/mol. The number of nitrogens with zero attached hydrogens (tertiary/aromatic N) is 1. The molecule has 0 spiro atoms. The van der Waals surface area contributed by atoms with Crippen molar-refractivity contribution in [3.8, 4) is 0 Å². The van der Waals surface area contributed by atoms with Crippen LogP contribution in [0.1, 0.15) is 43.2 Å². The van der Waals surface area contributed by atoms with Gasteiger partial charge in [-0.3, -0.25) is 4.90 Å². The van der Waals surface area contributed by atoms with Crippen LogP contribution < -0.4 is 16.0 Å². The minimum Gasteiger partial charge on any atom is -0.398 e. The Balaban J connectivity index is 1.73. The van der Waals surface area contributed by atoms with Gasteiger partial charge < -0.3 is 11.1 Å². The van der Waals surface area contributed by atoms with E-state index in [1.54, 1.807) is 0 Å². The minimum absolute atomic E-state index is 0.0407. The third-order valence-electron chi connectivity index (χ3n) is 4.54. The smallest absolute Gasteiger partial charge is 0.322 e. The standard InChI is InChI=1S/C16H23N3O/c1-11-9-12-7-8-19(15(12)10-14(11)17)16(20)18-13-5-3-2-4-6-13/h9-10,13H,2-8,17H2,1H3,(H,18,20). The van der Waals surface area contributed by atoms with Crippen LogP contribution >= 0.6 is 0 Å². The molecule has 0 bridgehead atoms. The fourth-order valence-corrected chi connectivity index (χ4v) is 3.29. The van der Waals surface area contributed by atoms with E-state index in [-0.39, 0.29) is 6.03 Å². The van der Waals surface area contributed by atoms with Crippen molar-refractivity contribution >= 4 is 17.4 Å². The van der Waals surface area contributed by atoms with E-state index < -0.39 is 0 Å². The van der Waals surface area contributed by atoms with Crippen LogP contribution in [0.3, 0.4) is 0 Å². The molecule has 3 rings (SSSR count). The molecule has 0 atom stereocenters. The van der Waals surface area contributed by atoms with Crippen LogP contribution in [0.25, 0.3) is 0 Å². The number of benzene rings is 1. The van der Waals surface area contributed by atoms with Crippen molar-refractivity contribution < 1.29 is 4.79 Å². The van der Waals surface area contributed by atoms with Crippen LogP contribution in [0.2, 0.25) is 0 Å². The van der Waals surface area contributed by atoms with Gasteiger partial charge >= 0.3 is 6.03 Å². The molecule has 2 aliphatic rings. The first kappa shape index (κ1) is 13.3. The Morgan fingerprint density at radius 3 is 2.80 bits per heavy atom. The Bertz CT molecular complexity index is 521. The molecule has 0 unspecified atom stereocenters. The summed E-state index contributed by atoms with van der Waals surface area (Å²) < 4.78 is 0. The molecule has 108 valence electrons. The van der Waals surface area contributed by atoms with Crippen LogP contribution in [0.4, 0.5) is 16.2 Å². The molecule has 2 amide bonds. The fraction of sp³-hybridized carbons (Fsp3) is 0.562. The lowest BCUT2D eigenvalue weighted by Crippen LogP contribution is -2.45. The topological polar surface area (TPSA) is 58.4 Å². The maximum Gasteiger partial charge on any atom is 0.322 e. The van der Waals surface area contributed by atoms with Gasteiger partial charge in [-0.2, -0.15) is 0 Å². The number of carbonyl (C=O) groups is 1. The molecule has 0 radical (unpaired) electrons. The maximum atomic E-state index is 12.4. The van der Waals surface area contributed by atoms with Crippen LogP contribution in [-0.2, 0) is 6.42 Å². The highest BCUT2D eigenvalue weighted by molar-refractivity contribution is 5.95. The number of nitrogens with two attached hydrogens (primary N) is 1. The SMILES string of the molecule is Cc1cc2c(cc1N)N(C(=O)NC1CCCCC1)CC2. The first-order valence-electron chi connectivity index (χ1n) is 7.62. The molecule has 20 heavy (non-hydrogen) atoms. The maximum absolute atomic E-state index is 12.4. The third kappa shape index (κ3) is 2.47. The van der Waals surface area contributed by atoms with Crippen molar-refractivity contribution in [1.29, 1.82) is 0 Å². The van der Waals surface area contributed by atoms with Gasteiger partial charge in [0.25, 0.3) is 0 Å². The summed E-state index contributed by atoms with van der Waals surface area (Å²) in [5.41, 5.74) is 10.1. The van der Waals surface area contributed by atoms with E-state index in [1.807, 2.05) is 17.9 Å². The van der Waals surface area contributed by atoms with E-state index in [4.69, 9.17) is 5.73 Å². The molecule has 0 saturated heterocycles. The van der Waals surface area contributed by atoms with Gasteiger partial charge in [-0.15, -0.1) is 0 Å². The van der Waals surface area contributed by atoms with E-state index >= 15 is 0 Å². The molecule has 1 saturated carbocycles. The van der Waals surface area contributed by atoms with Gasteiger partial charge in [-0.1, -0.05) is 25.3 Å². The van der Waals surface area contributed by atoms with E-state index in [1.165, 1.54) is 24.8 Å². The van der Waals surface area contributed by atoms with Crippen LogP contribution in [-0.4, -0.2) is 18.6 Å². The highest BCUT2D eigenvalue weighted by Gasteiger charge is 2.27. The summed E-state index contributed by atoms with van der Waals surface area (Å²) in [4.78, 5) is 14.3. The molecule has 4 heteroatoms. The zero-order valence-corrected chi connectivity index (χ0v) is 12.1. The van der Waals surface area contributed by atoms with Crippen LogP contribution in [0.15, 0.2) is 12.1 Å². The summed E-state index contributed by atoms with van der Waals surface area (Å²) in [7, 11) is 0. The molecule has 1 aliphatic carbocycles. The van der Waals surface area contributed by atoms with Crippen LogP contribution in [0, 0.1) is 6.92 Å². The van der Waals surface area contributed by atoms with Crippen molar-refractivity contribution in [2.45, 2.75) is 51.5 Å². The zero-order valence-electron chi connectivity index (χ0n) is 12.1. The number of urea groups is 1. The number of rotatable bonds is 1. The Morgan fingerprint density at radius 1 is 1.30 bits per heavy atom. The largest absolute Gasteiger partial charge is 0.398 e. The molecule has 1 fully saturated rings. The zero-order chi connectivity index (χ0) is 14.1. The molecule has 1 aliphatic heterocycles. The van der Waals surface area contributed by atoms with Crippen molar-refractivity contribution in [2.75, 3.05) is 17.2 Å². The second kappa shape index (κ2) is 5.35. The monoisotopic (exact) mass is 273 g/mol. The Hall–Kier alpha value is -1.71. The number of nitrogen functional groups attached to an aromatic ring is 1. The summed E-state index contributed by atoms with van der Waals surface area (Å²) in [6, 6.07) is 4.44. The van der Waals surface area contributed by atoms with E-state index in [2.05, 4.69) is 11.4 Å². The average Bonchev–Trinajstić information content (AvgIpc) is 2.83. The second-order valence-corrected chi connectivity index (χ2v) is 6.02. The highest BCUT2D eigenvalue weighted by atomic mass is 16.2. The Kier molecular flexibility index (Phi) is 3.55. The van der Waals surface area contributed by atoms with Gasteiger partial charge in [-0.25, -0.2) is 4.79 Å². The number of aryl methyl sites for hydroxylation is 1. The fourth-order valence-electron chi connectivity index (χ4n) is 3.29. The lowest BCUT2D eigenvalue weighted by atomic mass is 9.96. The normalized spacial score (nSPS) is 18.9. The molecule has 1 heterocycles. The first-order valence-corrected chi connectivity index (χ1v) is 7.62. The predicted molar refractivity (Wildman–Crippen MR) is 82.0 cm³/mol. The molecule has 1 aromatic carbocycles. The molecule has 0 aromatic heterocycles. The lowest BCUT2D eigenvalue weighted by Gasteiger charge is -2.26. The number of amides is 2. The number of anilines is 2. The summed E-state index contributed by atoms with van der Waals surface area (Å²) in [6.07, 6.45) is 6.91. The van der Waals surface area contributed by atoms with Gasteiger partial charge in [0, 0.05) is 18.3 Å². The quantitative estimate of drug-likeness (QED) is 0.773. The minimum atomic E-state index is 0.0407. The van der Waals surface area contributed by atoms with Gasteiger partial charge in [0.15, 0.2) is 0 Å².